The van der Waals surface area contributed by atoms with Gasteiger partial charge in [-0.1, -0.05) is 91.0 Å². The Labute approximate surface area is 194 Å². The van der Waals surface area contributed by atoms with Gasteiger partial charge in [0, 0.05) is 16.1 Å². The second kappa shape index (κ2) is 8.50. The molecule has 2 nitrogen and oxygen atoms in total. The second-order valence-corrected chi connectivity index (χ2v) is 9.85. The zero-order chi connectivity index (χ0) is 22.0. The lowest BCUT2D eigenvalue weighted by atomic mass is 10.1. The van der Waals surface area contributed by atoms with Crippen LogP contribution in [0.2, 0.25) is 0 Å². The molecule has 33 heavy (non-hydrogen) atoms. The van der Waals surface area contributed by atoms with Gasteiger partial charge in [0.15, 0.2) is 0 Å². The molecular weight excluding hydrogens is 419 g/mol. The number of para-hydroxylation sites is 4. The largest absolute Gasteiger partial charge is 0.283 e. The Morgan fingerprint density at radius 3 is 1.18 bits per heavy atom. The Hall–Kier alpha value is -4.00. The van der Waals surface area contributed by atoms with Crippen molar-refractivity contribution in [1.29, 1.82) is 0 Å². The van der Waals surface area contributed by atoms with E-state index >= 15 is 0 Å². The van der Waals surface area contributed by atoms with E-state index in [-0.39, 0.29) is 0 Å². The number of hydrogen-bond donors (Lipinski definition) is 0. The third-order valence-electron chi connectivity index (χ3n) is 5.92. The number of benzene rings is 5. The predicted octanol–water partition coefficient (Wildman–Crippen LogP) is 8.67. The third kappa shape index (κ3) is 3.46. The minimum atomic E-state index is -0.979. The average molecular weight is 443 g/mol. The maximum atomic E-state index is 2.53. The highest BCUT2D eigenvalue weighted by Gasteiger charge is 2.16. The first-order valence-corrected chi connectivity index (χ1v) is 12.4. The van der Waals surface area contributed by atoms with Gasteiger partial charge in [-0.3, -0.25) is 8.66 Å². The summed E-state index contributed by atoms with van der Waals surface area (Å²) in [5, 5.41) is 3.80. The fourth-order valence-electron chi connectivity index (χ4n) is 4.49. The van der Waals surface area contributed by atoms with Crippen LogP contribution in [0.5, 0.6) is 0 Å². The first-order valence-electron chi connectivity index (χ1n) is 11.2. The third-order valence-corrected chi connectivity index (χ3v) is 8.33. The van der Waals surface area contributed by atoms with Crippen LogP contribution < -0.4 is 0 Å². The highest BCUT2D eigenvalue weighted by atomic mass is 31.1. The highest BCUT2D eigenvalue weighted by molar-refractivity contribution is 7.51. The maximum Gasteiger partial charge on any atom is 0.0684 e. The van der Waals surface area contributed by atoms with Crippen LogP contribution in [0.1, 0.15) is 0 Å². The summed E-state index contributed by atoms with van der Waals surface area (Å²) >= 11 is 0. The minimum Gasteiger partial charge on any atom is -0.283 e. The zero-order valence-corrected chi connectivity index (χ0v) is 19.0. The molecule has 1 heterocycles. The molecule has 0 aliphatic carbocycles. The molecule has 6 aromatic rings. The van der Waals surface area contributed by atoms with Crippen LogP contribution in [0, 0.1) is 0 Å². The van der Waals surface area contributed by atoms with Crippen LogP contribution in [-0.4, -0.2) is 8.66 Å². The van der Waals surface area contributed by atoms with Gasteiger partial charge in [0.05, 0.1) is 30.3 Å². The predicted molar refractivity (Wildman–Crippen MR) is 142 cm³/mol. The normalized spacial score (nSPS) is 11.0. The lowest BCUT2D eigenvalue weighted by Gasteiger charge is -2.20. The van der Waals surface area contributed by atoms with Crippen molar-refractivity contribution >= 4 is 29.7 Å². The van der Waals surface area contributed by atoms with Gasteiger partial charge in [0.1, 0.15) is 0 Å². The van der Waals surface area contributed by atoms with Gasteiger partial charge in [-0.2, -0.15) is 0 Å². The van der Waals surface area contributed by atoms with E-state index in [2.05, 4.69) is 148 Å². The van der Waals surface area contributed by atoms with Crippen LogP contribution in [0.25, 0.3) is 38.5 Å². The van der Waals surface area contributed by atoms with Gasteiger partial charge >= 0.3 is 0 Å². The van der Waals surface area contributed by atoms with Crippen molar-refractivity contribution < 1.29 is 0 Å². The SMILES string of the molecule is c1ccc(-n2c3ccccc3c3ccccc3n(-c3ccccc3)p2-c2ccccc2)cc1. The van der Waals surface area contributed by atoms with Crippen LogP contribution in [-0.2, 0) is 0 Å². The molecular formula is C30H23N2P. The first-order chi connectivity index (χ1) is 16.4. The monoisotopic (exact) mass is 442 g/mol. The molecule has 0 N–H and O–H groups in total. The van der Waals surface area contributed by atoms with E-state index in [1.165, 1.54) is 38.5 Å². The van der Waals surface area contributed by atoms with Gasteiger partial charge < -0.3 is 0 Å². The fraction of sp³-hybridized carbons (Fsp3) is 0. The molecule has 0 spiro atoms. The summed E-state index contributed by atoms with van der Waals surface area (Å²) in [5.74, 6) is 0. The molecule has 0 atom stereocenters. The first kappa shape index (κ1) is 19.7. The fourth-order valence-corrected chi connectivity index (χ4v) is 7.03. The molecule has 3 heteroatoms. The summed E-state index contributed by atoms with van der Waals surface area (Å²) in [4.78, 5) is 0. The van der Waals surface area contributed by atoms with E-state index in [0.29, 0.717) is 0 Å². The summed E-state index contributed by atoms with van der Waals surface area (Å²) in [6, 6.07) is 50.0. The van der Waals surface area contributed by atoms with Crippen molar-refractivity contribution in [2.24, 2.45) is 0 Å². The molecule has 0 unspecified atom stereocenters. The topological polar surface area (TPSA) is 9.86 Å². The molecule has 0 amide bonds. The van der Waals surface area contributed by atoms with Crippen molar-refractivity contribution in [3.05, 3.63) is 140 Å². The Kier molecular flexibility index (Phi) is 5.07. The zero-order valence-electron chi connectivity index (χ0n) is 18.1. The molecule has 0 aliphatic heterocycles. The Bertz CT molecular complexity index is 1490. The van der Waals surface area contributed by atoms with Crippen molar-refractivity contribution in [2.75, 3.05) is 0 Å². The van der Waals surface area contributed by atoms with Crippen LogP contribution in [0.3, 0.4) is 0 Å². The van der Waals surface area contributed by atoms with Crippen molar-refractivity contribution in [1.82, 2.24) is 8.66 Å². The molecule has 0 bridgehead atoms. The van der Waals surface area contributed by atoms with E-state index in [9.17, 15) is 0 Å². The van der Waals surface area contributed by atoms with Gasteiger partial charge in [-0.25, -0.2) is 0 Å². The standard InChI is InChI=1S/C30H23N2P/c1-4-14-24(15-5-1)31-29-22-12-10-20-27(29)28-21-11-13-23-30(28)32(25-16-6-2-7-17-25)33(31)26-18-8-3-9-19-26/h1-23H. The summed E-state index contributed by atoms with van der Waals surface area (Å²) in [6.45, 7) is 0. The number of hydrogen-bond acceptors (Lipinski definition) is 0. The molecule has 0 aliphatic rings. The van der Waals surface area contributed by atoms with Crippen LogP contribution >= 0.6 is 7.85 Å². The summed E-state index contributed by atoms with van der Waals surface area (Å²) in [6.07, 6.45) is 0. The lowest BCUT2D eigenvalue weighted by molar-refractivity contribution is 1.18. The Balaban J connectivity index is 1.98. The van der Waals surface area contributed by atoms with E-state index in [4.69, 9.17) is 0 Å². The van der Waals surface area contributed by atoms with Crippen molar-refractivity contribution in [3.63, 3.8) is 0 Å². The van der Waals surface area contributed by atoms with E-state index < -0.39 is 7.85 Å². The molecule has 0 saturated carbocycles. The minimum absolute atomic E-state index is 0.979. The summed E-state index contributed by atoms with van der Waals surface area (Å²) in [7, 11) is -0.979. The second-order valence-electron chi connectivity index (χ2n) is 7.95. The number of aromatic nitrogens is 2. The van der Waals surface area contributed by atoms with Gasteiger partial charge in [-0.05, 0) is 48.5 Å². The van der Waals surface area contributed by atoms with Crippen LogP contribution in [0.4, 0.5) is 0 Å². The molecule has 158 valence electrons. The average Bonchev–Trinajstić information content (AvgIpc) is 3.03. The van der Waals surface area contributed by atoms with E-state index in [1.54, 1.807) is 0 Å². The Morgan fingerprint density at radius 2 is 0.727 bits per heavy atom. The number of fused-ring (bicyclic) bond motifs is 3. The number of nitrogens with zero attached hydrogens (tertiary/aromatic N) is 2. The summed E-state index contributed by atoms with van der Waals surface area (Å²) < 4.78 is 5.07. The van der Waals surface area contributed by atoms with E-state index in [0.717, 1.165) is 0 Å². The van der Waals surface area contributed by atoms with Crippen LogP contribution in [0.15, 0.2) is 140 Å². The van der Waals surface area contributed by atoms with Gasteiger partial charge in [0.2, 0.25) is 0 Å². The molecule has 0 radical (unpaired) electrons. The van der Waals surface area contributed by atoms with E-state index in [1.807, 2.05) is 0 Å². The molecule has 1 aromatic heterocycles. The Morgan fingerprint density at radius 1 is 0.364 bits per heavy atom. The van der Waals surface area contributed by atoms with Crippen molar-refractivity contribution in [3.8, 4) is 16.7 Å². The quantitative estimate of drug-likeness (QED) is 0.259. The van der Waals surface area contributed by atoms with Gasteiger partial charge in [0.25, 0.3) is 0 Å². The summed E-state index contributed by atoms with van der Waals surface area (Å²) in [5.41, 5.74) is 4.83. The van der Waals surface area contributed by atoms with Gasteiger partial charge in [-0.15, -0.1) is 0 Å². The number of rotatable bonds is 3. The molecule has 0 fully saturated rings. The molecule has 0 saturated heterocycles. The maximum absolute atomic E-state index is 2.53. The smallest absolute Gasteiger partial charge is 0.0684 e. The molecule has 6 rings (SSSR count). The highest BCUT2D eigenvalue weighted by Crippen LogP contribution is 2.46. The lowest BCUT2D eigenvalue weighted by Crippen LogP contribution is -2.00. The molecule has 5 aromatic carbocycles. The van der Waals surface area contributed by atoms with Crippen molar-refractivity contribution in [2.45, 2.75) is 0 Å².